The molecule has 0 aliphatic carbocycles. The zero-order valence-electron chi connectivity index (χ0n) is 11.0. The highest BCUT2D eigenvalue weighted by molar-refractivity contribution is 7.86. The predicted octanol–water partition coefficient (Wildman–Crippen LogP) is 2.12. The molecule has 0 fully saturated rings. The number of rotatable bonds is 4. The Kier molecular flexibility index (Phi) is 3.97. The molecule has 0 heterocycles. The summed E-state index contributed by atoms with van der Waals surface area (Å²) < 4.78 is 36.6. The van der Waals surface area contributed by atoms with Crippen LogP contribution in [-0.2, 0) is 10.1 Å². The second kappa shape index (κ2) is 5.55. The number of phenols is 1. The molecule has 0 saturated heterocycles. The lowest BCUT2D eigenvalue weighted by molar-refractivity contribution is 0.103. The molecule has 0 amide bonds. The molecule has 2 aromatic rings. The van der Waals surface area contributed by atoms with Crippen LogP contribution in [0.15, 0.2) is 47.4 Å². The molecule has 21 heavy (non-hydrogen) atoms. The van der Waals surface area contributed by atoms with Crippen molar-refractivity contribution >= 4 is 15.9 Å². The summed E-state index contributed by atoms with van der Waals surface area (Å²) in [7, 11) is -3.41. The van der Waals surface area contributed by atoms with Gasteiger partial charge in [0.2, 0.25) is 0 Å². The number of aromatic hydroxyl groups is 1. The number of benzene rings is 2. The average Bonchev–Trinajstić information content (AvgIpc) is 2.45. The number of phenolic OH excluding ortho intramolecular Hbond substituents is 1. The van der Waals surface area contributed by atoms with Gasteiger partial charge in [0.25, 0.3) is 10.1 Å². The fourth-order valence-electron chi connectivity index (χ4n) is 1.84. The van der Waals surface area contributed by atoms with Gasteiger partial charge in [0, 0.05) is 13.1 Å². The van der Waals surface area contributed by atoms with Gasteiger partial charge in [0.1, 0.15) is 16.4 Å². The molecular weight excluding hydrogens is 296 g/mol. The third kappa shape index (κ3) is 3.04. The van der Waals surface area contributed by atoms with Crippen LogP contribution in [0.1, 0.15) is 17.3 Å². The van der Waals surface area contributed by atoms with E-state index in [0.29, 0.717) is 0 Å². The highest BCUT2D eigenvalue weighted by Gasteiger charge is 2.23. The number of ketones is 1. The van der Waals surface area contributed by atoms with Gasteiger partial charge in [-0.05, 0) is 6.07 Å². The molecule has 0 atom stereocenters. The standard InChI is InChI=1S/C14H12O6S.H2/c1-20-12-8-11(15)10(7-13(12)21(17,18)19)14(16)9-5-3-2-4-6-9;/h2-8,15H,1H3,(H,17,18,19);1H. The van der Waals surface area contributed by atoms with E-state index < -0.39 is 26.5 Å². The highest BCUT2D eigenvalue weighted by Crippen LogP contribution is 2.32. The van der Waals surface area contributed by atoms with E-state index in [4.69, 9.17) is 9.29 Å². The Balaban J connectivity index is 0.00000242. The van der Waals surface area contributed by atoms with E-state index in [1.54, 1.807) is 18.2 Å². The first-order valence-corrected chi connectivity index (χ1v) is 7.27. The third-order valence-electron chi connectivity index (χ3n) is 2.84. The van der Waals surface area contributed by atoms with Crippen molar-refractivity contribution in [1.29, 1.82) is 0 Å². The summed E-state index contributed by atoms with van der Waals surface area (Å²) in [5, 5.41) is 9.87. The van der Waals surface area contributed by atoms with E-state index in [9.17, 15) is 18.3 Å². The van der Waals surface area contributed by atoms with Crippen molar-refractivity contribution in [2.75, 3.05) is 7.11 Å². The van der Waals surface area contributed by atoms with Gasteiger partial charge in [0.05, 0.1) is 12.7 Å². The van der Waals surface area contributed by atoms with E-state index >= 15 is 0 Å². The van der Waals surface area contributed by atoms with Gasteiger partial charge in [0.15, 0.2) is 5.78 Å². The summed E-state index contributed by atoms with van der Waals surface area (Å²) in [6.07, 6.45) is 0. The first kappa shape index (κ1) is 15.0. The van der Waals surface area contributed by atoms with Crippen molar-refractivity contribution in [1.82, 2.24) is 0 Å². The fraction of sp³-hybridized carbons (Fsp3) is 0.0714. The molecule has 0 unspecified atom stereocenters. The molecule has 2 rings (SSSR count). The van der Waals surface area contributed by atoms with E-state index in [2.05, 4.69) is 0 Å². The van der Waals surface area contributed by atoms with Gasteiger partial charge in [-0.2, -0.15) is 8.42 Å². The summed E-state index contributed by atoms with van der Waals surface area (Å²) in [6.45, 7) is 0. The Morgan fingerprint density at radius 2 is 1.81 bits per heavy atom. The van der Waals surface area contributed by atoms with Gasteiger partial charge in [-0.25, -0.2) is 0 Å². The van der Waals surface area contributed by atoms with Gasteiger partial charge < -0.3 is 9.84 Å². The maximum atomic E-state index is 12.3. The third-order valence-corrected chi connectivity index (χ3v) is 3.72. The van der Waals surface area contributed by atoms with Crippen LogP contribution in [0.5, 0.6) is 11.5 Å². The largest absolute Gasteiger partial charge is 0.507 e. The lowest BCUT2D eigenvalue weighted by Crippen LogP contribution is -2.07. The van der Waals surface area contributed by atoms with Crippen molar-refractivity contribution < 1.29 is 29.0 Å². The first-order chi connectivity index (χ1) is 9.84. The van der Waals surface area contributed by atoms with Crippen molar-refractivity contribution in [2.45, 2.75) is 4.90 Å². The first-order valence-electron chi connectivity index (χ1n) is 5.83. The number of ether oxygens (including phenoxy) is 1. The molecular formula is C14H14O6S. The zero-order chi connectivity index (χ0) is 15.6. The number of carbonyl (C=O) groups excluding carboxylic acids is 1. The summed E-state index contributed by atoms with van der Waals surface area (Å²) in [5.41, 5.74) is 0.0360. The molecule has 0 bridgehead atoms. The molecule has 0 aliphatic heterocycles. The minimum Gasteiger partial charge on any atom is -0.507 e. The SMILES string of the molecule is COc1cc(O)c(C(=O)c2ccccc2)cc1S(=O)(=O)O.[HH]. The Bertz CT molecular complexity index is 786. The van der Waals surface area contributed by atoms with Crippen LogP contribution < -0.4 is 4.74 Å². The van der Waals surface area contributed by atoms with Gasteiger partial charge in [-0.15, -0.1) is 0 Å². The van der Waals surface area contributed by atoms with Crippen LogP contribution in [-0.4, -0.2) is 31.0 Å². The lowest BCUT2D eigenvalue weighted by atomic mass is 10.0. The van der Waals surface area contributed by atoms with Crippen LogP contribution >= 0.6 is 0 Å². The maximum absolute atomic E-state index is 12.3. The van der Waals surface area contributed by atoms with Crippen LogP contribution in [0.2, 0.25) is 0 Å². The molecule has 0 saturated carbocycles. The monoisotopic (exact) mass is 310 g/mol. The van der Waals surface area contributed by atoms with E-state index in [-0.39, 0.29) is 18.3 Å². The molecule has 0 aliphatic rings. The number of methoxy groups -OCH3 is 1. The Morgan fingerprint density at radius 1 is 1.19 bits per heavy atom. The van der Waals surface area contributed by atoms with Gasteiger partial charge in [-0.3, -0.25) is 9.35 Å². The van der Waals surface area contributed by atoms with Crippen molar-refractivity contribution in [3.8, 4) is 11.5 Å². The Hall–Kier alpha value is -2.38. The lowest BCUT2D eigenvalue weighted by Gasteiger charge is -2.10. The molecule has 0 spiro atoms. The van der Waals surface area contributed by atoms with Gasteiger partial charge >= 0.3 is 0 Å². The minimum absolute atomic E-state index is 0. The zero-order valence-corrected chi connectivity index (χ0v) is 11.8. The van der Waals surface area contributed by atoms with E-state index in [1.165, 1.54) is 19.2 Å². The highest BCUT2D eigenvalue weighted by atomic mass is 32.2. The molecule has 0 radical (unpaired) electrons. The molecule has 6 nitrogen and oxygen atoms in total. The summed E-state index contributed by atoms with van der Waals surface area (Å²) in [5.74, 6) is -1.26. The number of hydrogen-bond acceptors (Lipinski definition) is 5. The van der Waals surface area contributed by atoms with Crippen LogP contribution in [0, 0.1) is 0 Å². The van der Waals surface area contributed by atoms with Crippen molar-refractivity contribution in [3.05, 3.63) is 53.6 Å². The Labute approximate surface area is 122 Å². The Morgan fingerprint density at radius 3 is 2.33 bits per heavy atom. The van der Waals surface area contributed by atoms with Crippen LogP contribution in [0.3, 0.4) is 0 Å². The molecule has 0 aromatic heterocycles. The fourth-order valence-corrected chi connectivity index (χ4v) is 2.50. The van der Waals surface area contributed by atoms with E-state index in [0.717, 1.165) is 12.1 Å². The smallest absolute Gasteiger partial charge is 0.298 e. The van der Waals surface area contributed by atoms with Crippen molar-refractivity contribution in [3.63, 3.8) is 0 Å². The quantitative estimate of drug-likeness (QED) is 0.662. The summed E-state index contributed by atoms with van der Waals surface area (Å²) >= 11 is 0. The second-order valence-corrected chi connectivity index (χ2v) is 5.58. The van der Waals surface area contributed by atoms with Crippen molar-refractivity contribution in [2.24, 2.45) is 0 Å². The maximum Gasteiger partial charge on any atom is 0.298 e. The molecule has 2 N–H and O–H groups in total. The molecule has 2 aromatic carbocycles. The minimum atomic E-state index is -4.59. The molecule has 7 heteroatoms. The second-order valence-electron chi connectivity index (χ2n) is 4.19. The van der Waals surface area contributed by atoms with Crippen LogP contribution in [0.25, 0.3) is 0 Å². The predicted molar refractivity (Wildman–Crippen MR) is 76.5 cm³/mol. The summed E-state index contributed by atoms with van der Waals surface area (Å²) in [4.78, 5) is 11.7. The topological polar surface area (TPSA) is 101 Å². The summed E-state index contributed by atoms with van der Waals surface area (Å²) in [6, 6.07) is 9.90. The number of hydrogen-bond donors (Lipinski definition) is 2. The molecule has 112 valence electrons. The number of carbonyl (C=O) groups is 1. The normalized spacial score (nSPS) is 11.1. The van der Waals surface area contributed by atoms with Gasteiger partial charge in [-0.1, -0.05) is 30.3 Å². The van der Waals surface area contributed by atoms with Crippen LogP contribution in [0.4, 0.5) is 0 Å². The van der Waals surface area contributed by atoms with E-state index in [1.807, 2.05) is 0 Å². The average molecular weight is 310 g/mol.